The maximum Gasteiger partial charge on any atom is 0.415 e. The minimum absolute atomic E-state index is 0.153. The van der Waals surface area contributed by atoms with E-state index in [-0.39, 0.29) is 25.9 Å². The normalized spacial score (nSPS) is 16.9. The standard InChI is InChI=1S/C38H44N4O8/c1-38(2,3)50-37(47)42-30-20-11-9-17-27(30)23-32(42)34(44)41-29-19-10-8-16-26(29)22-31(41)33(43)40-28(35(45)48-4)18-12-13-21-39-36(46)49-24-25-14-6-5-7-15-25/h5-11,14-17,19-20,28,31-32H,12-13,18,21-24H2,1-4H3,(H,39,46)(H,40,43)/t28-,31-,32-/m0/s1. The maximum atomic E-state index is 14.5. The maximum absolute atomic E-state index is 14.5. The van der Waals surface area contributed by atoms with Gasteiger partial charge in [0.2, 0.25) is 5.91 Å². The second kappa shape index (κ2) is 15.9. The second-order valence-electron chi connectivity index (χ2n) is 13.3. The first-order valence-corrected chi connectivity index (χ1v) is 16.8. The third-order valence-corrected chi connectivity index (χ3v) is 8.57. The Hall–Kier alpha value is -5.39. The van der Waals surface area contributed by atoms with E-state index in [1.165, 1.54) is 16.9 Å². The van der Waals surface area contributed by atoms with Crippen molar-refractivity contribution >= 4 is 41.3 Å². The van der Waals surface area contributed by atoms with Gasteiger partial charge in [-0.1, -0.05) is 66.7 Å². The Balaban J connectivity index is 1.25. The van der Waals surface area contributed by atoms with Gasteiger partial charge < -0.3 is 24.8 Å². The molecule has 2 aliphatic rings. The lowest BCUT2D eigenvalue weighted by atomic mass is 10.1. The smallest absolute Gasteiger partial charge is 0.415 e. The van der Waals surface area contributed by atoms with Crippen LogP contribution in [0.4, 0.5) is 21.0 Å². The fourth-order valence-corrected chi connectivity index (χ4v) is 6.25. The number of nitrogens with one attached hydrogen (secondary N) is 2. The molecule has 12 heteroatoms. The Morgan fingerprint density at radius 1 is 0.800 bits per heavy atom. The Bertz CT molecular complexity index is 1710. The summed E-state index contributed by atoms with van der Waals surface area (Å²) in [7, 11) is 1.25. The van der Waals surface area contributed by atoms with Crippen LogP contribution in [0.2, 0.25) is 0 Å². The van der Waals surface area contributed by atoms with E-state index in [9.17, 15) is 24.0 Å². The highest BCUT2D eigenvalue weighted by molar-refractivity contribution is 6.11. The summed E-state index contributed by atoms with van der Waals surface area (Å²) in [5.74, 6) is -1.58. The molecule has 3 atom stereocenters. The molecule has 0 fully saturated rings. The summed E-state index contributed by atoms with van der Waals surface area (Å²) in [5.41, 5.74) is 2.83. The van der Waals surface area contributed by atoms with Gasteiger partial charge in [0.15, 0.2) is 0 Å². The van der Waals surface area contributed by atoms with Gasteiger partial charge in [-0.3, -0.25) is 19.4 Å². The zero-order valence-corrected chi connectivity index (χ0v) is 28.8. The highest BCUT2D eigenvalue weighted by Gasteiger charge is 2.47. The average molecular weight is 685 g/mol. The summed E-state index contributed by atoms with van der Waals surface area (Å²) < 4.78 is 15.9. The summed E-state index contributed by atoms with van der Waals surface area (Å²) in [6, 6.07) is 21.0. The van der Waals surface area contributed by atoms with Crippen molar-refractivity contribution in [1.29, 1.82) is 0 Å². The largest absolute Gasteiger partial charge is 0.467 e. The molecular weight excluding hydrogens is 640 g/mol. The minimum atomic E-state index is -0.979. The lowest BCUT2D eigenvalue weighted by Crippen LogP contribution is -2.57. The van der Waals surface area contributed by atoms with Crippen molar-refractivity contribution < 1.29 is 38.2 Å². The topological polar surface area (TPSA) is 144 Å². The second-order valence-corrected chi connectivity index (χ2v) is 13.3. The highest BCUT2D eigenvalue weighted by atomic mass is 16.6. The Labute approximate surface area is 292 Å². The molecule has 12 nitrogen and oxygen atoms in total. The number of methoxy groups -OCH3 is 1. The number of hydrogen-bond acceptors (Lipinski definition) is 8. The van der Waals surface area contributed by atoms with E-state index in [1.54, 1.807) is 45.0 Å². The van der Waals surface area contributed by atoms with Crippen LogP contribution in [-0.4, -0.2) is 67.4 Å². The number of para-hydroxylation sites is 2. The predicted molar refractivity (Wildman–Crippen MR) is 186 cm³/mol. The summed E-state index contributed by atoms with van der Waals surface area (Å²) in [6.45, 7) is 5.75. The van der Waals surface area contributed by atoms with Crippen molar-refractivity contribution in [1.82, 2.24) is 10.6 Å². The number of anilines is 2. The molecule has 0 aromatic heterocycles. The zero-order valence-electron chi connectivity index (χ0n) is 28.8. The summed E-state index contributed by atoms with van der Waals surface area (Å²) in [5, 5.41) is 5.51. The number of ether oxygens (including phenoxy) is 3. The first-order chi connectivity index (χ1) is 24.0. The number of benzene rings is 3. The van der Waals surface area contributed by atoms with Crippen molar-refractivity contribution in [3.8, 4) is 0 Å². The van der Waals surface area contributed by atoms with Gasteiger partial charge in [-0.05, 0) is 68.9 Å². The SMILES string of the molecule is COC(=O)[C@H](CCCCNC(=O)OCc1ccccc1)NC(=O)[C@@H]1Cc2ccccc2N1C(=O)[C@@H]1Cc2ccccc2N1C(=O)OC(C)(C)C. The quantitative estimate of drug-likeness (QED) is 0.162. The fraction of sp³-hybridized carbons (Fsp3) is 0.395. The molecule has 2 heterocycles. The van der Waals surface area contributed by atoms with Crippen LogP contribution in [0.15, 0.2) is 78.9 Å². The summed E-state index contributed by atoms with van der Waals surface area (Å²) >= 11 is 0. The Kier molecular flexibility index (Phi) is 11.4. The molecule has 4 amide bonds. The van der Waals surface area contributed by atoms with Crippen molar-refractivity contribution in [2.24, 2.45) is 0 Å². The molecule has 2 N–H and O–H groups in total. The first-order valence-electron chi connectivity index (χ1n) is 16.8. The van der Waals surface area contributed by atoms with Crippen LogP contribution in [0.5, 0.6) is 0 Å². The molecule has 2 aliphatic heterocycles. The molecule has 50 heavy (non-hydrogen) atoms. The number of unbranched alkanes of at least 4 members (excludes halogenated alkanes) is 1. The van der Waals surface area contributed by atoms with Crippen molar-refractivity contribution in [2.75, 3.05) is 23.5 Å². The van der Waals surface area contributed by atoms with E-state index in [0.29, 0.717) is 30.8 Å². The average Bonchev–Trinajstić information content (AvgIpc) is 3.69. The zero-order chi connectivity index (χ0) is 35.8. The lowest BCUT2D eigenvalue weighted by Gasteiger charge is -2.33. The van der Waals surface area contributed by atoms with Crippen LogP contribution >= 0.6 is 0 Å². The molecule has 0 bridgehead atoms. The molecule has 0 spiro atoms. The molecule has 5 rings (SSSR count). The van der Waals surface area contributed by atoms with Gasteiger partial charge in [-0.25, -0.2) is 14.4 Å². The van der Waals surface area contributed by atoms with Crippen molar-refractivity contribution in [2.45, 2.75) is 83.2 Å². The Morgan fingerprint density at radius 2 is 1.40 bits per heavy atom. The van der Waals surface area contributed by atoms with Gasteiger partial charge in [-0.2, -0.15) is 0 Å². The van der Waals surface area contributed by atoms with Gasteiger partial charge >= 0.3 is 18.2 Å². The molecular formula is C38H44N4O8. The molecule has 0 saturated carbocycles. The molecule has 0 saturated heterocycles. The van der Waals surface area contributed by atoms with Crippen LogP contribution in [0.1, 0.15) is 56.7 Å². The van der Waals surface area contributed by atoms with Crippen molar-refractivity contribution in [3.63, 3.8) is 0 Å². The van der Waals surface area contributed by atoms with E-state index in [0.717, 1.165) is 16.7 Å². The predicted octanol–water partition coefficient (Wildman–Crippen LogP) is 5.07. The number of carbonyl (C=O) groups excluding carboxylic acids is 5. The number of nitrogens with zero attached hydrogens (tertiary/aromatic N) is 2. The third kappa shape index (κ3) is 8.60. The molecule has 0 aliphatic carbocycles. The van der Waals surface area contributed by atoms with E-state index < -0.39 is 53.7 Å². The first kappa shape index (κ1) is 35.9. The van der Waals surface area contributed by atoms with Crippen LogP contribution < -0.4 is 20.4 Å². The van der Waals surface area contributed by atoms with Crippen LogP contribution in [0, 0.1) is 0 Å². The number of hydrogen-bond donors (Lipinski definition) is 2. The Morgan fingerprint density at radius 3 is 2.04 bits per heavy atom. The van der Waals surface area contributed by atoms with Crippen LogP contribution in [0.25, 0.3) is 0 Å². The number of amides is 4. The monoisotopic (exact) mass is 684 g/mol. The van der Waals surface area contributed by atoms with Gasteiger partial charge in [-0.15, -0.1) is 0 Å². The lowest BCUT2D eigenvalue weighted by molar-refractivity contribution is -0.145. The third-order valence-electron chi connectivity index (χ3n) is 8.57. The van der Waals surface area contributed by atoms with E-state index in [2.05, 4.69) is 10.6 Å². The number of esters is 1. The molecule has 264 valence electrons. The molecule has 0 radical (unpaired) electrons. The highest BCUT2D eigenvalue weighted by Crippen LogP contribution is 2.38. The number of rotatable bonds is 11. The summed E-state index contributed by atoms with van der Waals surface area (Å²) in [6.07, 6.45) is 0.524. The fourth-order valence-electron chi connectivity index (χ4n) is 6.25. The number of carbonyl (C=O) groups is 5. The van der Waals surface area contributed by atoms with E-state index >= 15 is 0 Å². The van der Waals surface area contributed by atoms with E-state index in [1.807, 2.05) is 54.6 Å². The molecule has 3 aromatic rings. The van der Waals surface area contributed by atoms with Crippen LogP contribution in [0.3, 0.4) is 0 Å². The van der Waals surface area contributed by atoms with Gasteiger partial charge in [0, 0.05) is 25.1 Å². The van der Waals surface area contributed by atoms with E-state index in [4.69, 9.17) is 14.2 Å². The van der Waals surface area contributed by atoms with Crippen molar-refractivity contribution in [3.05, 3.63) is 95.6 Å². The van der Waals surface area contributed by atoms with Crippen LogP contribution in [-0.2, 0) is 48.0 Å². The number of alkyl carbamates (subject to hydrolysis) is 1. The van der Waals surface area contributed by atoms with Gasteiger partial charge in [0.25, 0.3) is 5.91 Å². The molecule has 0 unspecified atom stereocenters. The minimum Gasteiger partial charge on any atom is -0.467 e. The molecule has 3 aromatic carbocycles. The van der Waals surface area contributed by atoms with Gasteiger partial charge in [0.05, 0.1) is 12.8 Å². The number of fused-ring (bicyclic) bond motifs is 2. The van der Waals surface area contributed by atoms with Gasteiger partial charge in [0.1, 0.15) is 30.3 Å². The summed E-state index contributed by atoms with van der Waals surface area (Å²) in [4.78, 5) is 69.7.